The molecule has 0 saturated carbocycles. The van der Waals surface area contributed by atoms with Gasteiger partial charge in [0.25, 0.3) is 0 Å². The molecule has 2 aromatic heterocycles. The fourth-order valence-electron chi connectivity index (χ4n) is 1.55. The van der Waals surface area contributed by atoms with Crippen molar-refractivity contribution in [1.82, 2.24) is 24.8 Å². The zero-order valence-electron chi connectivity index (χ0n) is 9.56. The molecule has 16 heavy (non-hydrogen) atoms. The number of anilines is 1. The van der Waals surface area contributed by atoms with Gasteiger partial charge in [-0.3, -0.25) is 0 Å². The Morgan fingerprint density at radius 3 is 2.88 bits per heavy atom. The lowest BCUT2D eigenvalue weighted by Crippen LogP contribution is -2.18. The van der Waals surface area contributed by atoms with E-state index in [-0.39, 0.29) is 0 Å². The SMILES string of the molecule is CCn1cnc2c(NCCNC)ncnc21. The van der Waals surface area contributed by atoms with Crippen LogP contribution in [0.2, 0.25) is 0 Å². The van der Waals surface area contributed by atoms with Gasteiger partial charge in [0.05, 0.1) is 6.33 Å². The molecule has 0 saturated heterocycles. The molecular weight excluding hydrogens is 204 g/mol. The molecule has 0 bridgehead atoms. The Hall–Kier alpha value is -1.69. The summed E-state index contributed by atoms with van der Waals surface area (Å²) < 4.78 is 2.00. The molecule has 6 nitrogen and oxygen atoms in total. The fraction of sp³-hybridized carbons (Fsp3) is 0.500. The normalized spacial score (nSPS) is 10.9. The number of imidazole rings is 1. The van der Waals surface area contributed by atoms with Crippen molar-refractivity contribution in [2.75, 3.05) is 25.5 Å². The van der Waals surface area contributed by atoms with E-state index in [0.29, 0.717) is 0 Å². The lowest BCUT2D eigenvalue weighted by atomic mass is 10.4. The predicted octanol–water partition coefficient (Wildman–Crippen LogP) is 0.477. The van der Waals surface area contributed by atoms with Gasteiger partial charge < -0.3 is 15.2 Å². The Bertz CT molecular complexity index is 463. The Balaban J connectivity index is 2.28. The molecule has 2 aromatic rings. The summed E-state index contributed by atoms with van der Waals surface area (Å²) >= 11 is 0. The fourth-order valence-corrected chi connectivity index (χ4v) is 1.55. The maximum Gasteiger partial charge on any atom is 0.165 e. The highest BCUT2D eigenvalue weighted by molar-refractivity contribution is 5.82. The average molecular weight is 220 g/mol. The van der Waals surface area contributed by atoms with Crippen molar-refractivity contribution in [3.8, 4) is 0 Å². The third-order valence-corrected chi connectivity index (χ3v) is 2.41. The topological polar surface area (TPSA) is 67.7 Å². The molecule has 86 valence electrons. The molecule has 0 radical (unpaired) electrons. The molecule has 6 heteroatoms. The van der Waals surface area contributed by atoms with Gasteiger partial charge in [0.1, 0.15) is 11.8 Å². The Morgan fingerprint density at radius 2 is 2.12 bits per heavy atom. The van der Waals surface area contributed by atoms with Crippen molar-refractivity contribution in [3.05, 3.63) is 12.7 Å². The minimum Gasteiger partial charge on any atom is -0.367 e. The van der Waals surface area contributed by atoms with E-state index in [0.717, 1.165) is 36.6 Å². The Kier molecular flexibility index (Phi) is 3.31. The quantitative estimate of drug-likeness (QED) is 0.717. The van der Waals surface area contributed by atoms with Crippen molar-refractivity contribution in [1.29, 1.82) is 0 Å². The molecule has 0 amide bonds. The van der Waals surface area contributed by atoms with Crippen molar-refractivity contribution in [2.24, 2.45) is 0 Å². The summed E-state index contributed by atoms with van der Waals surface area (Å²) in [6.07, 6.45) is 3.36. The van der Waals surface area contributed by atoms with E-state index >= 15 is 0 Å². The van der Waals surface area contributed by atoms with Gasteiger partial charge >= 0.3 is 0 Å². The molecule has 0 aliphatic heterocycles. The van der Waals surface area contributed by atoms with Gasteiger partial charge in [-0.2, -0.15) is 0 Å². The second kappa shape index (κ2) is 4.89. The summed E-state index contributed by atoms with van der Waals surface area (Å²) in [4.78, 5) is 12.8. The number of nitrogens with zero attached hydrogens (tertiary/aromatic N) is 4. The number of likely N-dealkylation sites (N-methyl/N-ethyl adjacent to an activating group) is 1. The van der Waals surface area contributed by atoms with Gasteiger partial charge in [-0.05, 0) is 14.0 Å². The maximum absolute atomic E-state index is 4.32. The van der Waals surface area contributed by atoms with Gasteiger partial charge in [-0.1, -0.05) is 0 Å². The molecule has 0 atom stereocenters. The van der Waals surface area contributed by atoms with Crippen molar-refractivity contribution < 1.29 is 0 Å². The molecule has 2 rings (SSSR count). The first-order valence-corrected chi connectivity index (χ1v) is 5.41. The predicted molar refractivity (Wildman–Crippen MR) is 63.4 cm³/mol. The highest BCUT2D eigenvalue weighted by atomic mass is 15.1. The first-order chi connectivity index (χ1) is 7.86. The largest absolute Gasteiger partial charge is 0.367 e. The summed E-state index contributed by atoms with van der Waals surface area (Å²) in [5.41, 5.74) is 1.71. The zero-order valence-corrected chi connectivity index (χ0v) is 9.56. The van der Waals surface area contributed by atoms with Crippen LogP contribution in [0.3, 0.4) is 0 Å². The van der Waals surface area contributed by atoms with Crippen LogP contribution < -0.4 is 10.6 Å². The molecule has 2 N–H and O–H groups in total. The summed E-state index contributed by atoms with van der Waals surface area (Å²) in [5, 5.41) is 6.31. The van der Waals surface area contributed by atoms with Gasteiger partial charge in [0.2, 0.25) is 0 Å². The standard InChI is InChI=1S/C10H16N6/c1-3-16-7-15-8-9(12-5-4-11-2)13-6-14-10(8)16/h6-7,11H,3-5H2,1-2H3,(H,12,13,14). The minimum absolute atomic E-state index is 0.799. The zero-order chi connectivity index (χ0) is 11.4. The number of rotatable bonds is 5. The number of aromatic nitrogens is 4. The van der Waals surface area contributed by atoms with Crippen molar-refractivity contribution in [2.45, 2.75) is 13.5 Å². The van der Waals surface area contributed by atoms with E-state index in [9.17, 15) is 0 Å². The maximum atomic E-state index is 4.32. The first kappa shape index (κ1) is 10.8. The third-order valence-electron chi connectivity index (χ3n) is 2.41. The summed E-state index contributed by atoms with van der Waals surface area (Å²) in [5.74, 6) is 0.799. The van der Waals surface area contributed by atoms with Crippen LogP contribution in [0.5, 0.6) is 0 Å². The molecule has 0 aliphatic rings. The van der Waals surface area contributed by atoms with E-state index in [2.05, 4.69) is 32.5 Å². The molecule has 0 aromatic carbocycles. The third kappa shape index (κ3) is 1.96. The van der Waals surface area contributed by atoms with E-state index in [1.807, 2.05) is 11.6 Å². The van der Waals surface area contributed by atoms with Crippen LogP contribution in [0.1, 0.15) is 6.92 Å². The highest BCUT2D eigenvalue weighted by Crippen LogP contribution is 2.16. The summed E-state index contributed by atoms with van der Waals surface area (Å²) in [6.45, 7) is 4.64. The molecular formula is C10H16N6. The molecule has 0 aliphatic carbocycles. The van der Waals surface area contributed by atoms with Crippen molar-refractivity contribution in [3.63, 3.8) is 0 Å². The summed E-state index contributed by atoms with van der Waals surface area (Å²) in [6, 6.07) is 0. The van der Waals surface area contributed by atoms with E-state index in [1.54, 1.807) is 12.7 Å². The smallest absolute Gasteiger partial charge is 0.165 e. The van der Waals surface area contributed by atoms with Gasteiger partial charge in [-0.15, -0.1) is 0 Å². The van der Waals surface area contributed by atoms with Gasteiger partial charge in [0, 0.05) is 19.6 Å². The second-order valence-corrected chi connectivity index (χ2v) is 3.46. The molecule has 0 fully saturated rings. The number of aryl methyl sites for hydroxylation is 1. The van der Waals surface area contributed by atoms with E-state index in [4.69, 9.17) is 0 Å². The minimum atomic E-state index is 0.799. The number of nitrogens with one attached hydrogen (secondary N) is 2. The van der Waals surface area contributed by atoms with Crippen LogP contribution in [0.4, 0.5) is 5.82 Å². The van der Waals surface area contributed by atoms with Crippen LogP contribution in [0.25, 0.3) is 11.2 Å². The van der Waals surface area contributed by atoms with Crippen LogP contribution in [0.15, 0.2) is 12.7 Å². The van der Waals surface area contributed by atoms with Crippen LogP contribution in [-0.2, 0) is 6.54 Å². The average Bonchev–Trinajstić information content (AvgIpc) is 2.73. The molecule has 2 heterocycles. The first-order valence-electron chi connectivity index (χ1n) is 5.41. The summed E-state index contributed by atoms with van der Waals surface area (Å²) in [7, 11) is 1.92. The van der Waals surface area contributed by atoms with Crippen molar-refractivity contribution >= 4 is 17.0 Å². The number of fused-ring (bicyclic) bond motifs is 1. The second-order valence-electron chi connectivity index (χ2n) is 3.46. The number of hydrogen-bond acceptors (Lipinski definition) is 5. The molecule has 0 unspecified atom stereocenters. The Labute approximate surface area is 94.1 Å². The molecule has 0 spiro atoms. The van der Waals surface area contributed by atoms with Crippen LogP contribution >= 0.6 is 0 Å². The lowest BCUT2D eigenvalue weighted by Gasteiger charge is -2.05. The van der Waals surface area contributed by atoms with Gasteiger partial charge in [-0.25, -0.2) is 15.0 Å². The lowest BCUT2D eigenvalue weighted by molar-refractivity contribution is 0.777. The number of hydrogen-bond donors (Lipinski definition) is 2. The van der Waals surface area contributed by atoms with Crippen LogP contribution in [-0.4, -0.2) is 39.7 Å². The van der Waals surface area contributed by atoms with E-state index < -0.39 is 0 Å². The Morgan fingerprint density at radius 1 is 1.25 bits per heavy atom. The van der Waals surface area contributed by atoms with E-state index in [1.165, 1.54) is 0 Å². The van der Waals surface area contributed by atoms with Gasteiger partial charge in [0.15, 0.2) is 11.5 Å². The highest BCUT2D eigenvalue weighted by Gasteiger charge is 2.07. The monoisotopic (exact) mass is 220 g/mol. The van der Waals surface area contributed by atoms with Crippen LogP contribution in [0, 0.1) is 0 Å².